The quantitative estimate of drug-likeness (QED) is 0.889. The minimum Gasteiger partial charge on any atom is -0.480 e. The number of aromatic nitrogens is 2. The van der Waals surface area contributed by atoms with Crippen molar-refractivity contribution in [3.63, 3.8) is 0 Å². The van der Waals surface area contributed by atoms with Gasteiger partial charge in [0, 0.05) is 17.7 Å². The fourth-order valence-corrected chi connectivity index (χ4v) is 1.99. The Bertz CT molecular complexity index is 590. The summed E-state index contributed by atoms with van der Waals surface area (Å²) in [6, 6.07) is 6.41. The van der Waals surface area contributed by atoms with Crippen LogP contribution in [-0.2, 0) is 0 Å². The number of methoxy groups -OCH3 is 1. The molecule has 1 atom stereocenters. The highest BCUT2D eigenvalue weighted by molar-refractivity contribution is 5.30. The van der Waals surface area contributed by atoms with Gasteiger partial charge < -0.3 is 10.1 Å². The zero-order chi connectivity index (χ0) is 15.2. The molecule has 1 heterocycles. The topological polar surface area (TPSA) is 47.0 Å². The van der Waals surface area contributed by atoms with Gasteiger partial charge in [-0.1, -0.05) is 13.0 Å². The molecule has 0 spiro atoms. The molecule has 0 saturated carbocycles. The van der Waals surface area contributed by atoms with Gasteiger partial charge in [0.05, 0.1) is 18.8 Å². The highest BCUT2D eigenvalue weighted by Gasteiger charge is 2.19. The molecule has 4 nitrogen and oxygen atoms in total. The van der Waals surface area contributed by atoms with Gasteiger partial charge in [-0.15, -0.1) is 10.2 Å². The average Bonchev–Trinajstić information content (AvgIpc) is 2.50. The number of rotatable bonds is 6. The molecule has 21 heavy (non-hydrogen) atoms. The van der Waals surface area contributed by atoms with E-state index in [0.29, 0.717) is 23.7 Å². The summed E-state index contributed by atoms with van der Waals surface area (Å²) in [4.78, 5) is 0. The number of ether oxygens (including phenoxy) is 1. The summed E-state index contributed by atoms with van der Waals surface area (Å²) in [6.07, 6.45) is 0.878. The number of benzene rings is 1. The molecule has 0 aliphatic carbocycles. The SMILES string of the molecule is CCCNC(c1ccc(OC)nn1)c1ccc(F)cc1F. The Morgan fingerprint density at radius 3 is 2.57 bits per heavy atom. The van der Waals surface area contributed by atoms with E-state index in [2.05, 4.69) is 15.5 Å². The van der Waals surface area contributed by atoms with E-state index in [1.807, 2.05) is 6.92 Å². The van der Waals surface area contributed by atoms with Crippen LogP contribution in [-0.4, -0.2) is 23.9 Å². The molecule has 112 valence electrons. The van der Waals surface area contributed by atoms with E-state index >= 15 is 0 Å². The molecule has 1 N–H and O–H groups in total. The van der Waals surface area contributed by atoms with E-state index < -0.39 is 17.7 Å². The van der Waals surface area contributed by atoms with Crippen LogP contribution in [0.4, 0.5) is 8.78 Å². The highest BCUT2D eigenvalue weighted by atomic mass is 19.1. The lowest BCUT2D eigenvalue weighted by Gasteiger charge is -2.18. The molecular formula is C15H17F2N3O. The maximum absolute atomic E-state index is 14.0. The van der Waals surface area contributed by atoms with E-state index in [1.54, 1.807) is 12.1 Å². The molecule has 6 heteroatoms. The summed E-state index contributed by atoms with van der Waals surface area (Å²) in [7, 11) is 1.50. The van der Waals surface area contributed by atoms with Crippen molar-refractivity contribution < 1.29 is 13.5 Å². The third-order valence-electron chi connectivity index (χ3n) is 3.04. The number of nitrogens with zero attached hydrogens (tertiary/aromatic N) is 2. The van der Waals surface area contributed by atoms with Gasteiger partial charge in [-0.25, -0.2) is 8.78 Å². The van der Waals surface area contributed by atoms with Crippen molar-refractivity contribution in [2.24, 2.45) is 0 Å². The Morgan fingerprint density at radius 1 is 1.19 bits per heavy atom. The molecule has 0 aliphatic rings. The van der Waals surface area contributed by atoms with Crippen LogP contribution in [0.3, 0.4) is 0 Å². The van der Waals surface area contributed by atoms with Gasteiger partial charge in [-0.2, -0.15) is 0 Å². The molecule has 0 fully saturated rings. The van der Waals surface area contributed by atoms with Crippen molar-refractivity contribution >= 4 is 0 Å². The van der Waals surface area contributed by atoms with Crippen LogP contribution < -0.4 is 10.1 Å². The van der Waals surface area contributed by atoms with Gasteiger partial charge in [0.15, 0.2) is 0 Å². The summed E-state index contributed by atoms with van der Waals surface area (Å²) in [6.45, 7) is 2.68. The summed E-state index contributed by atoms with van der Waals surface area (Å²) in [5.74, 6) is -0.833. The summed E-state index contributed by atoms with van der Waals surface area (Å²) >= 11 is 0. The van der Waals surface area contributed by atoms with E-state index in [-0.39, 0.29) is 0 Å². The van der Waals surface area contributed by atoms with E-state index in [4.69, 9.17) is 4.74 Å². The van der Waals surface area contributed by atoms with Crippen LogP contribution in [0.15, 0.2) is 30.3 Å². The van der Waals surface area contributed by atoms with Crippen molar-refractivity contribution in [1.29, 1.82) is 0 Å². The predicted octanol–water partition coefficient (Wildman–Crippen LogP) is 2.85. The fourth-order valence-electron chi connectivity index (χ4n) is 1.99. The molecule has 0 saturated heterocycles. The van der Waals surface area contributed by atoms with E-state index in [1.165, 1.54) is 19.2 Å². The van der Waals surface area contributed by atoms with Crippen LogP contribution in [0.1, 0.15) is 30.6 Å². The average molecular weight is 293 g/mol. The van der Waals surface area contributed by atoms with Crippen molar-refractivity contribution in [3.05, 3.63) is 53.2 Å². The van der Waals surface area contributed by atoms with Crippen LogP contribution in [0.25, 0.3) is 0 Å². The monoisotopic (exact) mass is 293 g/mol. The number of hydrogen-bond donors (Lipinski definition) is 1. The third kappa shape index (κ3) is 3.72. The van der Waals surface area contributed by atoms with Crippen LogP contribution >= 0.6 is 0 Å². The van der Waals surface area contributed by atoms with Crippen LogP contribution in [0, 0.1) is 11.6 Å². The predicted molar refractivity (Wildman–Crippen MR) is 75.1 cm³/mol. The van der Waals surface area contributed by atoms with Gasteiger partial charge in [0.25, 0.3) is 0 Å². The van der Waals surface area contributed by atoms with Crippen molar-refractivity contribution in [1.82, 2.24) is 15.5 Å². The number of halogens is 2. The summed E-state index contributed by atoms with van der Waals surface area (Å²) in [5.41, 5.74) is 0.888. The normalized spacial score (nSPS) is 12.2. The molecule has 1 aromatic heterocycles. The Kier molecular flexibility index (Phi) is 5.16. The maximum Gasteiger partial charge on any atom is 0.233 e. The zero-order valence-corrected chi connectivity index (χ0v) is 11.9. The summed E-state index contributed by atoms with van der Waals surface area (Å²) < 4.78 is 32.0. The molecule has 1 aromatic carbocycles. The van der Waals surface area contributed by atoms with Gasteiger partial charge in [0.2, 0.25) is 5.88 Å². The molecule has 0 radical (unpaired) electrons. The second kappa shape index (κ2) is 7.08. The Hall–Kier alpha value is -2.08. The molecule has 2 aromatic rings. The summed E-state index contributed by atoms with van der Waals surface area (Å²) in [5, 5.41) is 11.1. The number of hydrogen-bond acceptors (Lipinski definition) is 4. The van der Waals surface area contributed by atoms with Gasteiger partial charge in [-0.05, 0) is 25.1 Å². The first kappa shape index (κ1) is 15.3. The minimum atomic E-state index is -0.610. The van der Waals surface area contributed by atoms with Crippen molar-refractivity contribution in [2.45, 2.75) is 19.4 Å². The Balaban J connectivity index is 2.36. The Labute approximate surface area is 122 Å². The fraction of sp³-hybridized carbons (Fsp3) is 0.333. The van der Waals surface area contributed by atoms with Gasteiger partial charge in [0.1, 0.15) is 11.6 Å². The smallest absolute Gasteiger partial charge is 0.233 e. The van der Waals surface area contributed by atoms with Crippen molar-refractivity contribution in [3.8, 4) is 5.88 Å². The molecule has 1 unspecified atom stereocenters. The largest absolute Gasteiger partial charge is 0.480 e. The molecule has 0 amide bonds. The lowest BCUT2D eigenvalue weighted by Crippen LogP contribution is -2.25. The lowest BCUT2D eigenvalue weighted by molar-refractivity contribution is 0.390. The minimum absolute atomic E-state index is 0.337. The first-order valence-corrected chi connectivity index (χ1v) is 6.71. The van der Waals surface area contributed by atoms with Crippen LogP contribution in [0.5, 0.6) is 5.88 Å². The third-order valence-corrected chi connectivity index (χ3v) is 3.04. The molecular weight excluding hydrogens is 276 g/mol. The number of nitrogens with one attached hydrogen (secondary N) is 1. The first-order chi connectivity index (χ1) is 10.2. The van der Waals surface area contributed by atoms with Crippen molar-refractivity contribution in [2.75, 3.05) is 13.7 Å². The highest BCUT2D eigenvalue weighted by Crippen LogP contribution is 2.24. The zero-order valence-electron chi connectivity index (χ0n) is 11.9. The standard InChI is InChI=1S/C15H17F2N3O/c1-3-8-18-15(11-5-4-10(16)9-12(11)17)13-6-7-14(21-2)20-19-13/h4-7,9,15,18H,3,8H2,1-2H3. The first-order valence-electron chi connectivity index (χ1n) is 6.71. The van der Waals surface area contributed by atoms with E-state index in [0.717, 1.165) is 12.5 Å². The maximum atomic E-state index is 14.0. The Morgan fingerprint density at radius 2 is 2.00 bits per heavy atom. The second-order valence-electron chi connectivity index (χ2n) is 4.55. The molecule has 2 rings (SSSR count). The van der Waals surface area contributed by atoms with Gasteiger partial charge in [-0.3, -0.25) is 0 Å². The lowest BCUT2D eigenvalue weighted by atomic mass is 10.0. The molecule has 0 aliphatic heterocycles. The molecule has 0 bridgehead atoms. The van der Waals surface area contributed by atoms with Gasteiger partial charge >= 0.3 is 0 Å². The van der Waals surface area contributed by atoms with Crippen LogP contribution in [0.2, 0.25) is 0 Å². The van der Waals surface area contributed by atoms with E-state index in [9.17, 15) is 8.78 Å². The second-order valence-corrected chi connectivity index (χ2v) is 4.55.